The van der Waals surface area contributed by atoms with Gasteiger partial charge in [-0.3, -0.25) is 0 Å². The minimum atomic E-state index is 1.02. The summed E-state index contributed by atoms with van der Waals surface area (Å²) >= 11 is 0. The third kappa shape index (κ3) is 4.04. The minimum Gasteiger partial charge on any atom is -0.314 e. The van der Waals surface area contributed by atoms with Crippen molar-refractivity contribution >= 4 is 0 Å². The third-order valence-corrected chi connectivity index (χ3v) is 4.02. The molecule has 2 rings (SSSR count). The molecule has 0 bridgehead atoms. The fourth-order valence-corrected chi connectivity index (χ4v) is 2.71. The molecule has 0 unspecified atom stereocenters. The first-order chi connectivity index (χ1) is 7.84. The van der Waals surface area contributed by atoms with Crippen molar-refractivity contribution in [3.05, 3.63) is 0 Å². The van der Waals surface area contributed by atoms with Crippen LogP contribution in [0.15, 0.2) is 0 Å². The van der Waals surface area contributed by atoms with Gasteiger partial charge in [0, 0.05) is 32.7 Å². The lowest BCUT2D eigenvalue weighted by Crippen LogP contribution is -2.44. The van der Waals surface area contributed by atoms with E-state index in [-0.39, 0.29) is 0 Å². The van der Waals surface area contributed by atoms with Gasteiger partial charge in [-0.2, -0.15) is 0 Å². The van der Waals surface area contributed by atoms with Crippen molar-refractivity contribution in [3.8, 4) is 0 Å². The lowest BCUT2D eigenvalue weighted by Gasteiger charge is -2.31. The second-order valence-corrected chi connectivity index (χ2v) is 5.50. The summed E-state index contributed by atoms with van der Waals surface area (Å²) in [6, 6.07) is 0. The summed E-state index contributed by atoms with van der Waals surface area (Å²) in [5, 5.41) is 3.40. The molecular formula is C13H27N3. The third-order valence-electron chi connectivity index (χ3n) is 4.02. The Morgan fingerprint density at radius 3 is 2.62 bits per heavy atom. The van der Waals surface area contributed by atoms with Gasteiger partial charge in [-0.15, -0.1) is 0 Å². The molecule has 0 radical (unpaired) electrons. The quantitative estimate of drug-likeness (QED) is 0.728. The lowest BCUT2D eigenvalue weighted by molar-refractivity contribution is 0.186. The van der Waals surface area contributed by atoms with E-state index in [4.69, 9.17) is 0 Å². The molecule has 0 aromatic rings. The molecule has 0 amide bonds. The highest BCUT2D eigenvalue weighted by Crippen LogP contribution is 2.26. The highest BCUT2D eigenvalue weighted by Gasteiger charge is 2.18. The molecule has 1 saturated carbocycles. The molecule has 0 atom stereocenters. The maximum absolute atomic E-state index is 3.40. The monoisotopic (exact) mass is 225 g/mol. The van der Waals surface area contributed by atoms with Gasteiger partial charge in [-0.25, -0.2) is 0 Å². The van der Waals surface area contributed by atoms with E-state index in [0.717, 1.165) is 5.92 Å². The van der Waals surface area contributed by atoms with Gasteiger partial charge in [-0.05, 0) is 45.3 Å². The van der Waals surface area contributed by atoms with Gasteiger partial charge >= 0.3 is 0 Å². The molecule has 2 fully saturated rings. The average Bonchev–Trinajstić information content (AvgIpc) is 2.25. The number of piperazine rings is 1. The smallest absolute Gasteiger partial charge is 0.0107 e. The minimum absolute atomic E-state index is 1.02. The van der Waals surface area contributed by atoms with E-state index in [0.29, 0.717) is 0 Å². The Labute approximate surface area is 100 Å². The summed E-state index contributed by atoms with van der Waals surface area (Å²) in [5.74, 6) is 1.02. The van der Waals surface area contributed by atoms with Gasteiger partial charge in [0.1, 0.15) is 0 Å². The molecule has 3 heteroatoms. The van der Waals surface area contributed by atoms with Crippen molar-refractivity contribution in [2.75, 3.05) is 52.9 Å². The van der Waals surface area contributed by atoms with Gasteiger partial charge in [0.15, 0.2) is 0 Å². The van der Waals surface area contributed by atoms with Gasteiger partial charge in [0.2, 0.25) is 0 Å². The first kappa shape index (κ1) is 12.3. The summed E-state index contributed by atoms with van der Waals surface area (Å²) in [5.41, 5.74) is 0. The number of hydrogen-bond donors (Lipinski definition) is 1. The molecule has 1 heterocycles. The van der Waals surface area contributed by atoms with Gasteiger partial charge in [0.25, 0.3) is 0 Å². The number of rotatable bonds is 6. The average molecular weight is 225 g/mol. The Balaban J connectivity index is 1.49. The second-order valence-electron chi connectivity index (χ2n) is 5.50. The molecule has 0 spiro atoms. The predicted molar refractivity (Wildman–Crippen MR) is 68.8 cm³/mol. The molecule has 1 aliphatic heterocycles. The fourth-order valence-electron chi connectivity index (χ4n) is 2.71. The molecule has 94 valence electrons. The Bertz CT molecular complexity index is 186. The lowest BCUT2D eigenvalue weighted by atomic mass is 9.85. The van der Waals surface area contributed by atoms with Crippen molar-refractivity contribution in [1.29, 1.82) is 0 Å². The van der Waals surface area contributed by atoms with Crippen molar-refractivity contribution in [3.63, 3.8) is 0 Å². The highest BCUT2D eigenvalue weighted by atomic mass is 15.2. The molecular weight excluding hydrogens is 198 g/mol. The molecule has 2 aliphatic rings. The maximum Gasteiger partial charge on any atom is 0.0107 e. The summed E-state index contributed by atoms with van der Waals surface area (Å²) in [6.07, 6.45) is 5.76. The van der Waals surface area contributed by atoms with Crippen LogP contribution in [0.25, 0.3) is 0 Å². The Kier molecular flexibility index (Phi) is 5.07. The van der Waals surface area contributed by atoms with E-state index in [1.54, 1.807) is 0 Å². The number of nitrogens with one attached hydrogen (secondary N) is 1. The largest absolute Gasteiger partial charge is 0.314 e. The molecule has 16 heavy (non-hydrogen) atoms. The number of nitrogens with zero attached hydrogens (tertiary/aromatic N) is 2. The van der Waals surface area contributed by atoms with Gasteiger partial charge in [-0.1, -0.05) is 6.42 Å². The van der Waals surface area contributed by atoms with Crippen LogP contribution >= 0.6 is 0 Å². The zero-order valence-corrected chi connectivity index (χ0v) is 10.7. The number of hydrogen-bond acceptors (Lipinski definition) is 3. The zero-order valence-electron chi connectivity index (χ0n) is 10.7. The van der Waals surface area contributed by atoms with Crippen LogP contribution < -0.4 is 5.32 Å². The Hall–Kier alpha value is -0.120. The zero-order chi connectivity index (χ0) is 11.2. The molecule has 0 aromatic carbocycles. The maximum atomic E-state index is 3.40. The van der Waals surface area contributed by atoms with Crippen molar-refractivity contribution in [2.45, 2.75) is 25.7 Å². The van der Waals surface area contributed by atoms with Crippen molar-refractivity contribution < 1.29 is 0 Å². The summed E-state index contributed by atoms with van der Waals surface area (Å²) in [6.45, 7) is 8.74. The van der Waals surface area contributed by atoms with E-state index in [9.17, 15) is 0 Å². The molecule has 0 aromatic heterocycles. The van der Waals surface area contributed by atoms with Crippen molar-refractivity contribution in [1.82, 2.24) is 15.1 Å². The molecule has 1 aliphatic carbocycles. The van der Waals surface area contributed by atoms with Crippen LogP contribution in [-0.2, 0) is 0 Å². The Morgan fingerprint density at radius 2 is 2.00 bits per heavy atom. The van der Waals surface area contributed by atoms with E-state index >= 15 is 0 Å². The standard InChI is InChI=1S/C13H27N3/c1-15(12-13-4-2-5-13)8-3-9-16-10-6-14-7-11-16/h13-14H,2-12H2,1H3. The molecule has 1 saturated heterocycles. The summed E-state index contributed by atoms with van der Waals surface area (Å²) < 4.78 is 0. The van der Waals surface area contributed by atoms with Crippen molar-refractivity contribution in [2.24, 2.45) is 5.92 Å². The Morgan fingerprint density at radius 1 is 1.25 bits per heavy atom. The van der Waals surface area contributed by atoms with Crippen LogP contribution in [0.5, 0.6) is 0 Å². The van der Waals surface area contributed by atoms with Crippen LogP contribution in [-0.4, -0.2) is 62.7 Å². The van der Waals surface area contributed by atoms with Crippen LogP contribution in [0.4, 0.5) is 0 Å². The van der Waals surface area contributed by atoms with E-state index in [2.05, 4.69) is 22.2 Å². The fraction of sp³-hybridized carbons (Fsp3) is 1.00. The first-order valence-electron chi connectivity index (χ1n) is 6.96. The van der Waals surface area contributed by atoms with Crippen LogP contribution in [0.2, 0.25) is 0 Å². The van der Waals surface area contributed by atoms with E-state index in [1.807, 2.05) is 0 Å². The highest BCUT2D eigenvalue weighted by molar-refractivity contribution is 4.73. The first-order valence-corrected chi connectivity index (χ1v) is 6.96. The summed E-state index contributed by atoms with van der Waals surface area (Å²) in [4.78, 5) is 5.12. The second kappa shape index (κ2) is 6.58. The van der Waals surface area contributed by atoms with E-state index in [1.165, 1.54) is 71.5 Å². The topological polar surface area (TPSA) is 18.5 Å². The molecule has 1 N–H and O–H groups in total. The van der Waals surface area contributed by atoms with Crippen LogP contribution in [0.3, 0.4) is 0 Å². The summed E-state index contributed by atoms with van der Waals surface area (Å²) in [7, 11) is 2.29. The SMILES string of the molecule is CN(CCCN1CCNCC1)CC1CCC1. The van der Waals surface area contributed by atoms with E-state index < -0.39 is 0 Å². The van der Waals surface area contributed by atoms with Crippen LogP contribution in [0.1, 0.15) is 25.7 Å². The van der Waals surface area contributed by atoms with Gasteiger partial charge < -0.3 is 15.1 Å². The normalized spacial score (nSPS) is 23.6. The molecule has 3 nitrogen and oxygen atoms in total. The predicted octanol–water partition coefficient (Wildman–Crippen LogP) is 1.01. The van der Waals surface area contributed by atoms with Gasteiger partial charge in [0.05, 0.1) is 0 Å². The van der Waals surface area contributed by atoms with Crippen LogP contribution in [0, 0.1) is 5.92 Å².